The molecule has 2 aromatic carbocycles. The highest BCUT2D eigenvalue weighted by Gasteiger charge is 2.07. The number of non-ortho nitro benzene ring substituents is 1. The van der Waals surface area contributed by atoms with Crippen LogP contribution < -0.4 is 0 Å². The van der Waals surface area contributed by atoms with Crippen molar-refractivity contribution in [2.45, 2.75) is 5.92 Å². The van der Waals surface area contributed by atoms with Crippen LogP contribution in [0.25, 0.3) is 6.08 Å². The topological polar surface area (TPSA) is 43.1 Å². The minimum absolute atomic E-state index is 0.0380. The summed E-state index contributed by atoms with van der Waals surface area (Å²) in [6.45, 7) is 3.82. The molecule has 0 fully saturated rings. The van der Waals surface area contributed by atoms with Crippen molar-refractivity contribution in [2.75, 3.05) is 0 Å². The Morgan fingerprint density at radius 3 is 2.25 bits per heavy atom. The zero-order valence-electron chi connectivity index (χ0n) is 11.0. The number of benzene rings is 2. The molecule has 0 aliphatic heterocycles. The Bertz CT molecular complexity index is 615. The second-order valence-corrected chi connectivity index (χ2v) is 4.38. The number of nitrogens with zero attached hydrogens (tertiary/aromatic N) is 1. The van der Waals surface area contributed by atoms with E-state index in [1.54, 1.807) is 12.1 Å². The summed E-state index contributed by atoms with van der Waals surface area (Å²) in [7, 11) is 0. The van der Waals surface area contributed by atoms with E-state index in [4.69, 9.17) is 0 Å². The molecule has 0 saturated carbocycles. The van der Waals surface area contributed by atoms with Gasteiger partial charge in [0, 0.05) is 18.1 Å². The Balaban J connectivity index is 2.18. The largest absolute Gasteiger partial charge is 0.269 e. The van der Waals surface area contributed by atoms with Crippen LogP contribution in [0.4, 0.5) is 5.69 Å². The molecule has 0 saturated heterocycles. The second-order valence-electron chi connectivity index (χ2n) is 4.38. The maximum absolute atomic E-state index is 10.6. The van der Waals surface area contributed by atoms with E-state index in [1.165, 1.54) is 12.1 Å². The van der Waals surface area contributed by atoms with Crippen LogP contribution in [0.3, 0.4) is 0 Å². The first-order chi connectivity index (χ1) is 9.70. The van der Waals surface area contributed by atoms with Gasteiger partial charge in [-0.05, 0) is 11.1 Å². The molecule has 3 heteroatoms. The third kappa shape index (κ3) is 3.42. The molecule has 0 amide bonds. The molecule has 0 unspecified atom stereocenters. The van der Waals surface area contributed by atoms with Crippen molar-refractivity contribution in [1.29, 1.82) is 0 Å². The van der Waals surface area contributed by atoms with E-state index in [2.05, 4.69) is 6.58 Å². The summed E-state index contributed by atoms with van der Waals surface area (Å²) in [6.07, 6.45) is 5.87. The summed E-state index contributed by atoms with van der Waals surface area (Å²) in [5, 5.41) is 10.6. The van der Waals surface area contributed by atoms with Gasteiger partial charge in [0.25, 0.3) is 5.69 Å². The molecule has 0 aromatic heterocycles. The number of hydrogen-bond donors (Lipinski definition) is 0. The van der Waals surface area contributed by atoms with Gasteiger partial charge in [0.05, 0.1) is 4.92 Å². The fourth-order valence-corrected chi connectivity index (χ4v) is 1.92. The third-order valence-electron chi connectivity index (χ3n) is 3.04. The predicted molar refractivity (Wildman–Crippen MR) is 81.5 cm³/mol. The maximum atomic E-state index is 10.6. The summed E-state index contributed by atoms with van der Waals surface area (Å²) in [5.74, 6) is 0.0380. The summed E-state index contributed by atoms with van der Waals surface area (Å²) in [4.78, 5) is 10.2. The van der Waals surface area contributed by atoms with E-state index in [0.717, 1.165) is 11.1 Å². The van der Waals surface area contributed by atoms with Crippen molar-refractivity contribution in [1.82, 2.24) is 0 Å². The molecule has 0 radical (unpaired) electrons. The molecule has 3 nitrogen and oxygen atoms in total. The van der Waals surface area contributed by atoms with Crippen molar-refractivity contribution in [3.63, 3.8) is 0 Å². The van der Waals surface area contributed by atoms with Crippen LogP contribution in [0.2, 0.25) is 0 Å². The van der Waals surface area contributed by atoms with Gasteiger partial charge in [0.15, 0.2) is 0 Å². The lowest BCUT2D eigenvalue weighted by molar-refractivity contribution is -0.384. The second kappa shape index (κ2) is 6.48. The molecule has 2 rings (SSSR count). The minimum atomic E-state index is -0.396. The van der Waals surface area contributed by atoms with Crippen LogP contribution >= 0.6 is 0 Å². The van der Waals surface area contributed by atoms with Gasteiger partial charge in [-0.15, -0.1) is 6.58 Å². The van der Waals surface area contributed by atoms with Crippen LogP contribution in [0, 0.1) is 10.1 Å². The third-order valence-corrected chi connectivity index (χ3v) is 3.04. The van der Waals surface area contributed by atoms with Crippen LogP contribution in [0.1, 0.15) is 17.0 Å². The van der Waals surface area contributed by atoms with Gasteiger partial charge in [-0.2, -0.15) is 0 Å². The van der Waals surface area contributed by atoms with E-state index in [9.17, 15) is 10.1 Å². The van der Waals surface area contributed by atoms with Gasteiger partial charge in [-0.25, -0.2) is 0 Å². The Kier molecular flexibility index (Phi) is 4.45. The first-order valence-corrected chi connectivity index (χ1v) is 6.31. The first kappa shape index (κ1) is 13.7. The number of allylic oxidation sites excluding steroid dienone is 2. The summed E-state index contributed by atoms with van der Waals surface area (Å²) < 4.78 is 0. The quantitative estimate of drug-likeness (QED) is 0.451. The lowest BCUT2D eigenvalue weighted by Gasteiger charge is -2.07. The standard InChI is InChI=1S/C17H15NO2/c1-2-15(9-8-14-6-4-3-5-7-14)16-10-12-17(13-11-16)18(19)20/h2-13,15H,1H2/b9-8+/t15-/m1/s1. The van der Waals surface area contributed by atoms with Crippen molar-refractivity contribution >= 4 is 11.8 Å². The van der Waals surface area contributed by atoms with E-state index >= 15 is 0 Å². The summed E-state index contributed by atoms with van der Waals surface area (Å²) in [5.41, 5.74) is 2.20. The Morgan fingerprint density at radius 2 is 1.70 bits per heavy atom. The zero-order valence-corrected chi connectivity index (χ0v) is 11.0. The molecule has 0 spiro atoms. The molecule has 1 atom stereocenters. The first-order valence-electron chi connectivity index (χ1n) is 6.31. The average Bonchev–Trinajstić information content (AvgIpc) is 2.49. The van der Waals surface area contributed by atoms with Gasteiger partial charge in [0.1, 0.15) is 0 Å². The average molecular weight is 265 g/mol. The van der Waals surface area contributed by atoms with Crippen LogP contribution in [0.15, 0.2) is 73.3 Å². The Morgan fingerprint density at radius 1 is 1.05 bits per heavy atom. The number of hydrogen-bond acceptors (Lipinski definition) is 2. The molecule has 2 aromatic rings. The van der Waals surface area contributed by atoms with Gasteiger partial charge in [-0.1, -0.05) is 60.7 Å². The van der Waals surface area contributed by atoms with Crippen LogP contribution in [0.5, 0.6) is 0 Å². The molecule has 100 valence electrons. The SMILES string of the molecule is C=C[C@H](/C=C/c1ccccc1)c1ccc([N+](=O)[O-])cc1. The Hall–Kier alpha value is -2.68. The normalized spacial score (nSPS) is 12.2. The number of rotatable bonds is 5. The van der Waals surface area contributed by atoms with Crippen LogP contribution in [-0.4, -0.2) is 4.92 Å². The minimum Gasteiger partial charge on any atom is -0.258 e. The molecule has 0 aliphatic rings. The molecular formula is C17H15NO2. The van der Waals surface area contributed by atoms with E-state index in [-0.39, 0.29) is 11.6 Å². The van der Waals surface area contributed by atoms with Crippen molar-refractivity contribution in [3.05, 3.63) is 94.6 Å². The highest BCUT2D eigenvalue weighted by molar-refractivity contribution is 5.51. The lowest BCUT2D eigenvalue weighted by Crippen LogP contribution is -1.92. The van der Waals surface area contributed by atoms with Gasteiger partial charge >= 0.3 is 0 Å². The van der Waals surface area contributed by atoms with Gasteiger partial charge in [-0.3, -0.25) is 10.1 Å². The zero-order chi connectivity index (χ0) is 14.4. The molecule has 0 bridgehead atoms. The van der Waals surface area contributed by atoms with E-state index in [1.807, 2.05) is 48.6 Å². The van der Waals surface area contributed by atoms with Gasteiger partial charge in [0.2, 0.25) is 0 Å². The highest BCUT2D eigenvalue weighted by Crippen LogP contribution is 2.22. The molecule has 0 N–H and O–H groups in total. The lowest BCUT2D eigenvalue weighted by atomic mass is 9.97. The van der Waals surface area contributed by atoms with Crippen LogP contribution in [-0.2, 0) is 0 Å². The fraction of sp³-hybridized carbons (Fsp3) is 0.0588. The fourth-order valence-electron chi connectivity index (χ4n) is 1.92. The highest BCUT2D eigenvalue weighted by atomic mass is 16.6. The van der Waals surface area contributed by atoms with Crippen molar-refractivity contribution in [2.24, 2.45) is 0 Å². The molecule has 20 heavy (non-hydrogen) atoms. The van der Waals surface area contributed by atoms with Gasteiger partial charge < -0.3 is 0 Å². The molecular weight excluding hydrogens is 250 g/mol. The van der Waals surface area contributed by atoms with Crippen molar-refractivity contribution in [3.8, 4) is 0 Å². The summed E-state index contributed by atoms with van der Waals surface area (Å²) >= 11 is 0. The van der Waals surface area contributed by atoms with E-state index < -0.39 is 4.92 Å². The van der Waals surface area contributed by atoms with Crippen molar-refractivity contribution < 1.29 is 4.92 Å². The molecule has 0 heterocycles. The van der Waals surface area contributed by atoms with E-state index in [0.29, 0.717) is 0 Å². The number of nitro benzene ring substituents is 1. The smallest absolute Gasteiger partial charge is 0.258 e. The predicted octanol–water partition coefficient (Wildman–Crippen LogP) is 4.58. The number of nitro groups is 1. The maximum Gasteiger partial charge on any atom is 0.269 e. The Labute approximate surface area is 118 Å². The summed E-state index contributed by atoms with van der Waals surface area (Å²) in [6, 6.07) is 16.5. The monoisotopic (exact) mass is 265 g/mol. The molecule has 0 aliphatic carbocycles.